The fourth-order valence-electron chi connectivity index (χ4n) is 3.70. The minimum Gasteiger partial charge on any atom is -0.485 e. The van der Waals surface area contributed by atoms with Crippen molar-refractivity contribution >= 4 is 0 Å². The Bertz CT molecular complexity index is 1290. The van der Waals surface area contributed by atoms with Gasteiger partial charge < -0.3 is 9.47 Å². The smallest absolute Gasteiger partial charge is 0.203 e. The number of benzene rings is 1. The van der Waals surface area contributed by atoms with Crippen LogP contribution in [-0.2, 0) is 17.7 Å². The molecule has 1 unspecified atom stereocenters. The van der Waals surface area contributed by atoms with Crippen LogP contribution in [0.25, 0.3) is 17.1 Å². The van der Waals surface area contributed by atoms with E-state index < -0.39 is 0 Å². The molecule has 9 heteroatoms. The second-order valence-electron chi connectivity index (χ2n) is 7.85. The van der Waals surface area contributed by atoms with Crippen molar-refractivity contribution in [2.45, 2.75) is 32.4 Å². The van der Waals surface area contributed by atoms with Gasteiger partial charge in [-0.1, -0.05) is 18.2 Å². The molecule has 0 amide bonds. The molecule has 5 rings (SSSR count). The van der Waals surface area contributed by atoms with Crippen LogP contribution >= 0.6 is 0 Å². The Kier molecular flexibility index (Phi) is 5.95. The second-order valence-corrected chi connectivity index (χ2v) is 7.85. The van der Waals surface area contributed by atoms with Crippen LogP contribution in [-0.4, -0.2) is 48.8 Å². The van der Waals surface area contributed by atoms with Crippen LogP contribution in [0.5, 0.6) is 5.75 Å². The lowest BCUT2D eigenvalue weighted by molar-refractivity contribution is 0.141. The Morgan fingerprint density at radius 3 is 2.82 bits per heavy atom. The lowest BCUT2D eigenvalue weighted by Gasteiger charge is -2.11. The van der Waals surface area contributed by atoms with Crippen molar-refractivity contribution in [1.82, 2.24) is 29.5 Å². The van der Waals surface area contributed by atoms with Gasteiger partial charge in [0, 0.05) is 37.2 Å². The van der Waals surface area contributed by atoms with Crippen LogP contribution in [0.2, 0.25) is 0 Å². The highest BCUT2D eigenvalue weighted by Gasteiger charge is 2.17. The van der Waals surface area contributed by atoms with E-state index in [1.165, 1.54) is 6.07 Å². The van der Waals surface area contributed by atoms with Gasteiger partial charge in [0.15, 0.2) is 11.6 Å². The standard InChI is InChI=1S/C24H24N6O3/c1-2-29-15-19(12-27-29)30-8-6-23(31)22(28-30)11-17-4-3-5-18(10-17)24-25-13-21(14-26-24)33-20-7-9-32-16-20/h3-6,8,10,12-15,20H,2,7,9,11,16H2,1H3. The van der Waals surface area contributed by atoms with Crippen LogP contribution in [0.15, 0.2) is 66.1 Å². The number of rotatable bonds is 7. The Morgan fingerprint density at radius 1 is 1.18 bits per heavy atom. The quantitative estimate of drug-likeness (QED) is 0.432. The summed E-state index contributed by atoms with van der Waals surface area (Å²) in [6, 6.07) is 9.36. The molecule has 0 N–H and O–H groups in total. The maximum Gasteiger partial charge on any atom is 0.203 e. The average Bonchev–Trinajstić information content (AvgIpc) is 3.53. The van der Waals surface area contributed by atoms with Gasteiger partial charge >= 0.3 is 0 Å². The van der Waals surface area contributed by atoms with Crippen molar-refractivity contribution < 1.29 is 9.47 Å². The van der Waals surface area contributed by atoms with Gasteiger partial charge in [-0.05, 0) is 18.6 Å². The predicted octanol–water partition coefficient (Wildman–Crippen LogP) is 2.66. The molecule has 1 saturated heterocycles. The highest BCUT2D eigenvalue weighted by molar-refractivity contribution is 5.56. The minimum absolute atomic E-state index is 0.0570. The van der Waals surface area contributed by atoms with Crippen LogP contribution in [0.4, 0.5) is 0 Å². The molecule has 1 aromatic carbocycles. The molecule has 1 fully saturated rings. The summed E-state index contributed by atoms with van der Waals surface area (Å²) >= 11 is 0. The first-order valence-corrected chi connectivity index (χ1v) is 11.0. The Hall–Kier alpha value is -3.85. The highest BCUT2D eigenvalue weighted by Crippen LogP contribution is 2.20. The van der Waals surface area contributed by atoms with E-state index >= 15 is 0 Å². The average molecular weight is 444 g/mol. The van der Waals surface area contributed by atoms with Crippen LogP contribution in [0.1, 0.15) is 24.6 Å². The van der Waals surface area contributed by atoms with E-state index in [4.69, 9.17) is 9.47 Å². The van der Waals surface area contributed by atoms with Gasteiger partial charge in [0.05, 0.1) is 38.0 Å². The Labute approximate surface area is 190 Å². The summed E-state index contributed by atoms with van der Waals surface area (Å²) in [5.74, 6) is 1.23. The molecule has 4 heterocycles. The molecule has 3 aromatic heterocycles. The molecule has 9 nitrogen and oxygen atoms in total. The third-order valence-corrected chi connectivity index (χ3v) is 5.46. The van der Waals surface area contributed by atoms with E-state index in [1.54, 1.807) is 29.5 Å². The van der Waals surface area contributed by atoms with Gasteiger partial charge in [-0.25, -0.2) is 14.6 Å². The van der Waals surface area contributed by atoms with Crippen LogP contribution < -0.4 is 10.2 Å². The molecular weight excluding hydrogens is 420 g/mol. The van der Waals surface area contributed by atoms with Crippen molar-refractivity contribution in [2.24, 2.45) is 0 Å². The fraction of sp³-hybridized carbons (Fsp3) is 0.292. The molecule has 1 aliphatic heterocycles. The number of hydrogen-bond donors (Lipinski definition) is 0. The number of nitrogens with zero attached hydrogens (tertiary/aromatic N) is 6. The zero-order valence-electron chi connectivity index (χ0n) is 18.3. The first kappa shape index (κ1) is 21.0. The molecule has 0 spiro atoms. The number of ether oxygens (including phenoxy) is 2. The number of aromatic nitrogens is 6. The maximum atomic E-state index is 12.5. The molecule has 33 heavy (non-hydrogen) atoms. The van der Waals surface area contributed by atoms with Crippen molar-refractivity contribution in [2.75, 3.05) is 13.2 Å². The highest BCUT2D eigenvalue weighted by atomic mass is 16.5. The lowest BCUT2D eigenvalue weighted by Crippen LogP contribution is -2.16. The third kappa shape index (κ3) is 4.83. The number of aryl methyl sites for hydroxylation is 1. The Morgan fingerprint density at radius 2 is 2.06 bits per heavy atom. The predicted molar refractivity (Wildman–Crippen MR) is 121 cm³/mol. The molecule has 0 aliphatic carbocycles. The maximum absolute atomic E-state index is 12.5. The van der Waals surface area contributed by atoms with Crippen molar-refractivity contribution in [3.05, 3.63) is 82.8 Å². The lowest BCUT2D eigenvalue weighted by atomic mass is 10.1. The molecule has 0 bridgehead atoms. The molecule has 1 aliphatic rings. The summed E-state index contributed by atoms with van der Waals surface area (Å²) in [5, 5.41) is 8.82. The molecule has 0 saturated carbocycles. The zero-order chi connectivity index (χ0) is 22.6. The van der Waals surface area contributed by atoms with Crippen molar-refractivity contribution in [3.63, 3.8) is 0 Å². The van der Waals surface area contributed by atoms with E-state index in [9.17, 15) is 4.79 Å². The molecule has 1 atom stereocenters. The van der Waals surface area contributed by atoms with Crippen molar-refractivity contribution in [1.29, 1.82) is 0 Å². The van der Waals surface area contributed by atoms with Gasteiger partial charge in [-0.2, -0.15) is 10.2 Å². The van der Waals surface area contributed by atoms with E-state index in [0.717, 1.165) is 36.4 Å². The van der Waals surface area contributed by atoms with E-state index in [1.807, 2.05) is 42.1 Å². The zero-order valence-corrected chi connectivity index (χ0v) is 18.3. The van der Waals surface area contributed by atoms with E-state index in [0.29, 0.717) is 30.3 Å². The van der Waals surface area contributed by atoms with Gasteiger partial charge in [0.2, 0.25) is 5.43 Å². The summed E-state index contributed by atoms with van der Waals surface area (Å²) in [7, 11) is 0. The summed E-state index contributed by atoms with van der Waals surface area (Å²) in [6.07, 6.45) is 9.98. The first-order valence-electron chi connectivity index (χ1n) is 11.0. The molecular formula is C24H24N6O3. The van der Waals surface area contributed by atoms with Gasteiger partial charge in [-0.15, -0.1) is 0 Å². The number of hydrogen-bond acceptors (Lipinski definition) is 7. The largest absolute Gasteiger partial charge is 0.485 e. The van der Waals surface area contributed by atoms with Crippen molar-refractivity contribution in [3.8, 4) is 22.8 Å². The Balaban J connectivity index is 1.34. The monoisotopic (exact) mass is 444 g/mol. The van der Waals surface area contributed by atoms with Crippen LogP contribution in [0.3, 0.4) is 0 Å². The first-order chi connectivity index (χ1) is 16.2. The molecule has 4 aromatic rings. The third-order valence-electron chi connectivity index (χ3n) is 5.46. The normalized spacial score (nSPS) is 15.6. The van der Waals surface area contributed by atoms with E-state index in [-0.39, 0.29) is 11.5 Å². The molecule has 0 radical (unpaired) electrons. The molecule has 168 valence electrons. The summed E-state index contributed by atoms with van der Waals surface area (Å²) in [5.41, 5.74) is 2.98. The van der Waals surface area contributed by atoms with Gasteiger partial charge in [0.25, 0.3) is 0 Å². The second kappa shape index (κ2) is 9.33. The summed E-state index contributed by atoms with van der Waals surface area (Å²) < 4.78 is 14.7. The summed E-state index contributed by atoms with van der Waals surface area (Å²) in [4.78, 5) is 21.4. The van der Waals surface area contributed by atoms with Gasteiger partial charge in [-0.3, -0.25) is 9.48 Å². The fourth-order valence-corrected chi connectivity index (χ4v) is 3.70. The minimum atomic E-state index is -0.104. The van der Waals surface area contributed by atoms with Crippen LogP contribution in [0, 0.1) is 0 Å². The topological polar surface area (TPSA) is 97.0 Å². The summed E-state index contributed by atoms with van der Waals surface area (Å²) in [6.45, 7) is 4.10. The SMILES string of the molecule is CCn1cc(-n2ccc(=O)c(Cc3cccc(-c4ncc(OC5CCOC5)cn4)c3)n2)cn1. The van der Waals surface area contributed by atoms with Gasteiger partial charge in [0.1, 0.15) is 17.5 Å². The van der Waals surface area contributed by atoms with E-state index in [2.05, 4.69) is 20.2 Å².